The van der Waals surface area contributed by atoms with Crippen LogP contribution >= 0.6 is 0 Å². The first-order valence-corrected chi connectivity index (χ1v) is 6.30. The number of rotatable bonds is 2. The Morgan fingerprint density at radius 1 is 1.37 bits per heavy atom. The molecule has 0 aromatic carbocycles. The second-order valence-corrected chi connectivity index (χ2v) is 5.17. The quantitative estimate of drug-likeness (QED) is 0.846. The van der Waals surface area contributed by atoms with E-state index in [2.05, 4.69) is 10.3 Å². The lowest BCUT2D eigenvalue weighted by Crippen LogP contribution is -2.35. The lowest BCUT2D eigenvalue weighted by molar-refractivity contribution is 0.0912. The fourth-order valence-corrected chi connectivity index (χ4v) is 2.03. The molecule has 1 aliphatic carbocycles. The van der Waals surface area contributed by atoms with Crippen LogP contribution in [0.25, 0.3) is 0 Å². The van der Waals surface area contributed by atoms with Crippen LogP contribution in [0.1, 0.15) is 35.0 Å². The van der Waals surface area contributed by atoms with E-state index < -0.39 is 0 Å². The van der Waals surface area contributed by atoms with Gasteiger partial charge in [-0.05, 0) is 12.8 Å². The first kappa shape index (κ1) is 12.0. The van der Waals surface area contributed by atoms with Gasteiger partial charge in [0.15, 0.2) is 0 Å². The number of hydrogen-bond donors (Lipinski definition) is 1. The van der Waals surface area contributed by atoms with Crippen LogP contribution < -0.4 is 5.32 Å². The van der Waals surface area contributed by atoms with Crippen molar-refractivity contribution in [2.45, 2.75) is 32.0 Å². The number of amides is 3. The third-order valence-corrected chi connectivity index (χ3v) is 3.21. The van der Waals surface area contributed by atoms with Gasteiger partial charge in [-0.2, -0.15) is 0 Å². The standard InChI is InChI=1S/C12H16N4O3/c1-15(2)12(18)16-5-8-9(6-16)19-11(14-8)10(17)13-7-3-4-7/h7H,3-6H2,1-2H3,(H,13,17). The van der Waals surface area contributed by atoms with Crippen molar-refractivity contribution in [3.8, 4) is 0 Å². The molecule has 2 heterocycles. The Morgan fingerprint density at radius 3 is 2.68 bits per heavy atom. The van der Waals surface area contributed by atoms with E-state index >= 15 is 0 Å². The molecule has 7 heteroatoms. The Balaban J connectivity index is 1.68. The fraction of sp³-hybridized carbons (Fsp3) is 0.583. The van der Waals surface area contributed by atoms with Gasteiger partial charge in [-0.3, -0.25) is 4.79 Å². The molecule has 19 heavy (non-hydrogen) atoms. The van der Waals surface area contributed by atoms with Crippen molar-refractivity contribution in [1.29, 1.82) is 0 Å². The van der Waals surface area contributed by atoms with Crippen LogP contribution in [0.3, 0.4) is 0 Å². The highest BCUT2D eigenvalue weighted by atomic mass is 16.4. The minimum Gasteiger partial charge on any atom is -0.435 e. The summed E-state index contributed by atoms with van der Waals surface area (Å²) in [7, 11) is 3.40. The second kappa shape index (κ2) is 4.25. The van der Waals surface area contributed by atoms with E-state index in [1.807, 2.05) is 0 Å². The average molecular weight is 264 g/mol. The van der Waals surface area contributed by atoms with Gasteiger partial charge in [-0.15, -0.1) is 0 Å². The molecule has 7 nitrogen and oxygen atoms in total. The highest BCUT2D eigenvalue weighted by molar-refractivity contribution is 5.90. The molecule has 0 unspecified atom stereocenters. The number of oxazole rings is 1. The summed E-state index contributed by atoms with van der Waals surface area (Å²) in [5.74, 6) is 0.451. The Hall–Kier alpha value is -2.05. The van der Waals surface area contributed by atoms with E-state index in [0.29, 0.717) is 24.5 Å². The van der Waals surface area contributed by atoms with Gasteiger partial charge in [0.1, 0.15) is 11.5 Å². The predicted molar refractivity (Wildman–Crippen MR) is 65.3 cm³/mol. The summed E-state index contributed by atoms with van der Waals surface area (Å²) in [6.45, 7) is 0.766. The van der Waals surface area contributed by atoms with Crippen LogP contribution in [-0.4, -0.2) is 46.9 Å². The monoisotopic (exact) mass is 264 g/mol. The normalized spacial score (nSPS) is 17.3. The van der Waals surface area contributed by atoms with Crippen molar-refractivity contribution < 1.29 is 14.0 Å². The molecule has 3 rings (SSSR count). The molecular weight excluding hydrogens is 248 g/mol. The van der Waals surface area contributed by atoms with Gasteiger partial charge in [-0.25, -0.2) is 9.78 Å². The average Bonchev–Trinajstić information content (AvgIpc) is 2.94. The summed E-state index contributed by atoms with van der Waals surface area (Å²) >= 11 is 0. The third kappa shape index (κ3) is 2.27. The van der Waals surface area contributed by atoms with Crippen LogP contribution in [0.4, 0.5) is 4.79 Å². The molecule has 1 fully saturated rings. The Morgan fingerprint density at radius 2 is 2.11 bits per heavy atom. The fourth-order valence-electron chi connectivity index (χ4n) is 2.03. The lowest BCUT2D eigenvalue weighted by atomic mass is 10.4. The predicted octanol–water partition coefficient (Wildman–Crippen LogP) is 0.564. The number of urea groups is 1. The minimum atomic E-state index is -0.262. The van der Waals surface area contributed by atoms with Crippen molar-refractivity contribution in [1.82, 2.24) is 20.1 Å². The van der Waals surface area contributed by atoms with Crippen molar-refractivity contribution in [2.75, 3.05) is 14.1 Å². The maximum atomic E-state index is 11.8. The summed E-state index contributed by atoms with van der Waals surface area (Å²) in [4.78, 5) is 30.9. The maximum Gasteiger partial charge on any atom is 0.320 e. The van der Waals surface area contributed by atoms with Gasteiger partial charge in [-0.1, -0.05) is 0 Å². The van der Waals surface area contributed by atoms with Gasteiger partial charge in [0.05, 0.1) is 13.1 Å². The maximum absolute atomic E-state index is 11.8. The van der Waals surface area contributed by atoms with E-state index in [9.17, 15) is 9.59 Å². The van der Waals surface area contributed by atoms with Crippen molar-refractivity contribution in [2.24, 2.45) is 0 Å². The van der Waals surface area contributed by atoms with Crippen molar-refractivity contribution in [3.63, 3.8) is 0 Å². The zero-order chi connectivity index (χ0) is 13.6. The number of carbonyl (C=O) groups excluding carboxylic acids is 2. The highest BCUT2D eigenvalue weighted by Gasteiger charge is 2.32. The highest BCUT2D eigenvalue weighted by Crippen LogP contribution is 2.25. The summed E-state index contributed by atoms with van der Waals surface area (Å²) < 4.78 is 5.44. The van der Waals surface area contributed by atoms with Gasteiger partial charge >= 0.3 is 11.9 Å². The number of fused-ring (bicyclic) bond motifs is 1. The van der Waals surface area contributed by atoms with Gasteiger partial charge in [0.25, 0.3) is 5.89 Å². The Kier molecular flexibility index (Phi) is 2.69. The first-order valence-electron chi connectivity index (χ1n) is 6.30. The molecule has 0 atom stereocenters. The number of aromatic nitrogens is 1. The number of nitrogens with zero attached hydrogens (tertiary/aromatic N) is 3. The molecule has 0 saturated heterocycles. The van der Waals surface area contributed by atoms with E-state index in [4.69, 9.17) is 4.42 Å². The molecule has 3 amide bonds. The Labute approximate surface area is 110 Å². The molecule has 2 aliphatic rings. The smallest absolute Gasteiger partial charge is 0.320 e. The molecule has 0 radical (unpaired) electrons. The molecule has 1 N–H and O–H groups in total. The number of carbonyl (C=O) groups is 2. The van der Waals surface area contributed by atoms with Crippen molar-refractivity contribution >= 4 is 11.9 Å². The van der Waals surface area contributed by atoms with Crippen LogP contribution in [0.15, 0.2) is 4.42 Å². The van der Waals surface area contributed by atoms with Crippen molar-refractivity contribution in [3.05, 3.63) is 17.3 Å². The van der Waals surface area contributed by atoms with E-state index in [1.165, 1.54) is 4.90 Å². The summed E-state index contributed by atoms with van der Waals surface area (Å²) in [6, 6.07) is 0.193. The minimum absolute atomic E-state index is 0.0859. The first-order chi connectivity index (χ1) is 9.04. The lowest BCUT2D eigenvalue weighted by Gasteiger charge is -2.20. The molecule has 1 saturated carbocycles. The zero-order valence-electron chi connectivity index (χ0n) is 11.0. The van der Waals surface area contributed by atoms with Crippen LogP contribution in [0.2, 0.25) is 0 Å². The second-order valence-electron chi connectivity index (χ2n) is 5.17. The van der Waals surface area contributed by atoms with E-state index in [-0.39, 0.29) is 23.9 Å². The molecule has 1 aromatic heterocycles. The summed E-state index contributed by atoms with van der Waals surface area (Å²) in [5, 5.41) is 2.83. The number of nitrogens with one attached hydrogen (secondary N) is 1. The zero-order valence-corrected chi connectivity index (χ0v) is 11.0. The topological polar surface area (TPSA) is 78.7 Å². The van der Waals surface area contributed by atoms with Crippen LogP contribution in [0, 0.1) is 0 Å². The molecule has 0 spiro atoms. The van der Waals surface area contributed by atoms with Crippen LogP contribution in [0.5, 0.6) is 0 Å². The molecule has 102 valence electrons. The Bertz CT molecular complexity index is 510. The molecule has 0 bridgehead atoms. The molecule has 1 aliphatic heterocycles. The third-order valence-electron chi connectivity index (χ3n) is 3.21. The van der Waals surface area contributed by atoms with Gasteiger partial charge < -0.3 is 19.5 Å². The number of hydrogen-bond acceptors (Lipinski definition) is 4. The van der Waals surface area contributed by atoms with Gasteiger partial charge in [0, 0.05) is 20.1 Å². The van der Waals surface area contributed by atoms with Crippen LogP contribution in [-0.2, 0) is 13.1 Å². The molecular formula is C12H16N4O3. The summed E-state index contributed by atoms with van der Waals surface area (Å²) in [5.41, 5.74) is 0.677. The molecule has 1 aromatic rings. The SMILES string of the molecule is CN(C)C(=O)N1Cc2nc(C(=O)NC3CC3)oc2C1. The summed E-state index contributed by atoms with van der Waals surface area (Å²) in [6.07, 6.45) is 2.05. The van der Waals surface area contributed by atoms with E-state index in [0.717, 1.165) is 12.8 Å². The van der Waals surface area contributed by atoms with E-state index in [1.54, 1.807) is 19.0 Å². The van der Waals surface area contributed by atoms with Gasteiger partial charge in [0.2, 0.25) is 0 Å². The largest absolute Gasteiger partial charge is 0.435 e.